The summed E-state index contributed by atoms with van der Waals surface area (Å²) in [6.45, 7) is 0. The molecule has 0 fully saturated rings. The van der Waals surface area contributed by atoms with E-state index in [2.05, 4.69) is 42.7 Å². The van der Waals surface area contributed by atoms with Crippen LogP contribution in [-0.4, -0.2) is 25.0 Å². The SMILES string of the molecule is COc1cccc(C2C3=C(N=c4sc(=Cc5ccc(SC)cc5)c(=O)n42)c2ccccc2CC3)c1OC. The maximum Gasteiger partial charge on any atom is 0.271 e. The first-order chi connectivity index (χ1) is 18.1. The van der Waals surface area contributed by atoms with Crippen LogP contribution in [0.15, 0.2) is 87.0 Å². The molecule has 5 nitrogen and oxygen atoms in total. The number of methoxy groups -OCH3 is 2. The summed E-state index contributed by atoms with van der Waals surface area (Å²) in [5.41, 5.74) is 6.38. The van der Waals surface area contributed by atoms with Gasteiger partial charge in [-0.25, -0.2) is 4.99 Å². The van der Waals surface area contributed by atoms with E-state index in [4.69, 9.17) is 14.5 Å². The first kappa shape index (κ1) is 23.8. The summed E-state index contributed by atoms with van der Waals surface area (Å²) in [5.74, 6) is 1.29. The van der Waals surface area contributed by atoms with Crippen LogP contribution in [0.4, 0.5) is 0 Å². The minimum absolute atomic E-state index is 0.0435. The summed E-state index contributed by atoms with van der Waals surface area (Å²) in [7, 11) is 3.28. The molecule has 1 unspecified atom stereocenters. The number of aromatic nitrogens is 1. The van der Waals surface area contributed by atoms with Crippen LogP contribution < -0.4 is 24.4 Å². The highest BCUT2D eigenvalue weighted by molar-refractivity contribution is 7.98. The van der Waals surface area contributed by atoms with Gasteiger partial charge >= 0.3 is 0 Å². The highest BCUT2D eigenvalue weighted by Crippen LogP contribution is 2.45. The second kappa shape index (κ2) is 9.72. The lowest BCUT2D eigenvalue weighted by Crippen LogP contribution is -2.39. The van der Waals surface area contributed by atoms with E-state index in [9.17, 15) is 4.79 Å². The molecular weight excluding hydrogens is 500 g/mol. The van der Waals surface area contributed by atoms with Gasteiger partial charge in [-0.05, 0) is 60.1 Å². The molecule has 1 atom stereocenters. The van der Waals surface area contributed by atoms with Crippen molar-refractivity contribution in [3.8, 4) is 11.5 Å². The van der Waals surface area contributed by atoms with Gasteiger partial charge in [-0.15, -0.1) is 11.8 Å². The van der Waals surface area contributed by atoms with Crippen LogP contribution in [-0.2, 0) is 6.42 Å². The molecule has 0 spiro atoms. The summed E-state index contributed by atoms with van der Waals surface area (Å²) in [6.07, 6.45) is 5.74. The number of para-hydroxylation sites is 1. The van der Waals surface area contributed by atoms with Crippen molar-refractivity contribution in [1.82, 2.24) is 4.57 Å². The van der Waals surface area contributed by atoms with E-state index in [0.717, 1.165) is 40.8 Å². The smallest absolute Gasteiger partial charge is 0.271 e. The summed E-state index contributed by atoms with van der Waals surface area (Å²) in [4.78, 5) is 21.0. The molecular formula is C30H26N2O3S2. The number of nitrogens with zero attached hydrogens (tertiary/aromatic N) is 2. The zero-order valence-electron chi connectivity index (χ0n) is 20.9. The standard InChI is InChI=1S/C30H26N2O3S2/c1-34-24-10-6-9-23(28(24)35-2)27-22-16-13-19-7-4-5-8-21(19)26(22)31-30-32(27)29(33)25(37-30)17-18-11-14-20(36-3)15-12-18/h4-12,14-15,17,27H,13,16H2,1-3H3. The van der Waals surface area contributed by atoms with Crippen LogP contribution >= 0.6 is 23.1 Å². The second-order valence-electron chi connectivity index (χ2n) is 8.97. The Hall–Kier alpha value is -3.55. The number of ether oxygens (including phenoxy) is 2. The molecule has 1 aliphatic heterocycles. The molecule has 0 amide bonds. The Morgan fingerprint density at radius 2 is 1.81 bits per heavy atom. The van der Waals surface area contributed by atoms with Crippen molar-refractivity contribution in [2.24, 2.45) is 4.99 Å². The van der Waals surface area contributed by atoms with Gasteiger partial charge in [0.05, 0.1) is 30.5 Å². The number of aryl methyl sites for hydroxylation is 1. The summed E-state index contributed by atoms with van der Waals surface area (Å²) < 4.78 is 14.0. The van der Waals surface area contributed by atoms with Crippen molar-refractivity contribution in [1.29, 1.82) is 0 Å². The highest BCUT2D eigenvalue weighted by atomic mass is 32.2. The van der Waals surface area contributed by atoms with Gasteiger partial charge in [0.25, 0.3) is 5.56 Å². The minimum Gasteiger partial charge on any atom is -0.493 e. The number of thioether (sulfide) groups is 1. The Morgan fingerprint density at radius 3 is 2.57 bits per heavy atom. The number of benzene rings is 3. The zero-order chi connectivity index (χ0) is 25.5. The van der Waals surface area contributed by atoms with E-state index in [1.54, 1.807) is 26.0 Å². The zero-order valence-corrected chi connectivity index (χ0v) is 22.5. The maximum absolute atomic E-state index is 14.0. The summed E-state index contributed by atoms with van der Waals surface area (Å²) in [5, 5.41) is 0. The van der Waals surface area contributed by atoms with E-state index >= 15 is 0 Å². The predicted octanol–water partition coefficient (Wildman–Crippen LogP) is 5.06. The molecule has 37 heavy (non-hydrogen) atoms. The fourth-order valence-electron chi connectivity index (χ4n) is 5.28. The second-order valence-corrected chi connectivity index (χ2v) is 10.9. The van der Waals surface area contributed by atoms with Gasteiger partial charge in [0.1, 0.15) is 0 Å². The van der Waals surface area contributed by atoms with Crippen molar-refractivity contribution in [3.63, 3.8) is 0 Å². The van der Waals surface area contributed by atoms with Gasteiger partial charge in [0.2, 0.25) is 0 Å². The Kier molecular flexibility index (Phi) is 6.26. The van der Waals surface area contributed by atoms with Gasteiger partial charge in [-0.2, -0.15) is 0 Å². The third-order valence-corrected chi connectivity index (χ3v) is 8.74. The van der Waals surface area contributed by atoms with Crippen molar-refractivity contribution >= 4 is 34.9 Å². The van der Waals surface area contributed by atoms with E-state index in [1.165, 1.54) is 21.8 Å². The largest absolute Gasteiger partial charge is 0.493 e. The molecule has 0 saturated heterocycles. The molecule has 0 bridgehead atoms. The van der Waals surface area contributed by atoms with Gasteiger partial charge < -0.3 is 9.47 Å². The Morgan fingerprint density at radius 1 is 1.00 bits per heavy atom. The molecule has 1 aromatic heterocycles. The molecule has 186 valence electrons. The van der Waals surface area contributed by atoms with E-state index in [-0.39, 0.29) is 11.6 Å². The molecule has 2 aliphatic rings. The lowest BCUT2D eigenvalue weighted by atomic mass is 9.83. The highest BCUT2D eigenvalue weighted by Gasteiger charge is 2.34. The quantitative estimate of drug-likeness (QED) is 0.341. The first-order valence-electron chi connectivity index (χ1n) is 12.1. The van der Waals surface area contributed by atoms with E-state index in [1.807, 2.05) is 41.0 Å². The Balaban J connectivity index is 1.63. The molecule has 2 heterocycles. The number of hydrogen-bond donors (Lipinski definition) is 0. The lowest BCUT2D eigenvalue weighted by molar-refractivity contribution is 0.348. The third kappa shape index (κ3) is 4.03. The van der Waals surface area contributed by atoms with Crippen LogP contribution in [0.2, 0.25) is 0 Å². The van der Waals surface area contributed by atoms with Gasteiger partial charge in [-0.3, -0.25) is 9.36 Å². The van der Waals surface area contributed by atoms with Crippen LogP contribution in [0, 0.1) is 0 Å². The average Bonchev–Trinajstić information content (AvgIpc) is 3.25. The number of hydrogen-bond acceptors (Lipinski definition) is 6. The number of thiazole rings is 1. The van der Waals surface area contributed by atoms with Crippen LogP contribution in [0.25, 0.3) is 11.8 Å². The lowest BCUT2D eigenvalue weighted by Gasteiger charge is -2.31. The summed E-state index contributed by atoms with van der Waals surface area (Å²) in [6, 6.07) is 22.2. The van der Waals surface area contributed by atoms with Gasteiger partial charge in [-0.1, -0.05) is 59.9 Å². The monoisotopic (exact) mass is 526 g/mol. The molecule has 6 rings (SSSR count). The molecule has 0 saturated carbocycles. The maximum atomic E-state index is 14.0. The van der Waals surface area contributed by atoms with Crippen molar-refractivity contribution in [2.75, 3.05) is 20.5 Å². The number of fused-ring (bicyclic) bond motifs is 3. The normalized spacial score (nSPS) is 16.5. The Bertz CT molecular complexity index is 1710. The first-order valence-corrected chi connectivity index (χ1v) is 14.1. The summed E-state index contributed by atoms with van der Waals surface area (Å²) >= 11 is 3.14. The molecule has 4 aromatic rings. The van der Waals surface area contributed by atoms with Crippen molar-refractivity contribution in [3.05, 3.63) is 114 Å². The average molecular weight is 527 g/mol. The fraction of sp³-hybridized carbons (Fsp3) is 0.200. The number of rotatable bonds is 5. The van der Waals surface area contributed by atoms with Gasteiger partial charge in [0.15, 0.2) is 16.3 Å². The van der Waals surface area contributed by atoms with E-state index < -0.39 is 0 Å². The van der Waals surface area contributed by atoms with Crippen molar-refractivity contribution < 1.29 is 9.47 Å². The predicted molar refractivity (Wildman–Crippen MR) is 151 cm³/mol. The number of allylic oxidation sites excluding steroid dienone is 1. The van der Waals surface area contributed by atoms with Crippen LogP contribution in [0.5, 0.6) is 11.5 Å². The van der Waals surface area contributed by atoms with E-state index in [0.29, 0.717) is 20.8 Å². The fourth-order valence-corrected chi connectivity index (χ4v) is 6.69. The third-order valence-electron chi connectivity index (χ3n) is 7.01. The molecule has 0 radical (unpaired) electrons. The molecule has 3 aromatic carbocycles. The molecule has 7 heteroatoms. The van der Waals surface area contributed by atoms with Gasteiger partial charge in [0, 0.05) is 16.0 Å². The van der Waals surface area contributed by atoms with Crippen LogP contribution in [0.3, 0.4) is 0 Å². The molecule has 1 aliphatic carbocycles. The minimum atomic E-state index is -0.328. The topological polar surface area (TPSA) is 52.8 Å². The van der Waals surface area contributed by atoms with Crippen LogP contribution in [0.1, 0.15) is 34.7 Å². The molecule has 0 N–H and O–H groups in total. The van der Waals surface area contributed by atoms with Crippen molar-refractivity contribution in [2.45, 2.75) is 23.8 Å². The Labute approximate surface area is 223 Å².